The van der Waals surface area contributed by atoms with Gasteiger partial charge in [-0.3, -0.25) is 14.6 Å². The van der Waals surface area contributed by atoms with E-state index in [1.165, 1.54) is 5.56 Å². The van der Waals surface area contributed by atoms with E-state index in [0.717, 1.165) is 64.2 Å². The number of carbonyl (C=O) groups excluding carboxylic acids is 1. The van der Waals surface area contributed by atoms with Crippen LogP contribution in [0.2, 0.25) is 0 Å². The molecule has 2 aliphatic heterocycles. The third-order valence-electron chi connectivity index (χ3n) is 6.83. The smallest absolute Gasteiger partial charge is 0.240 e. The molecule has 2 fully saturated rings. The molecule has 1 unspecified atom stereocenters. The molecule has 0 aliphatic carbocycles. The minimum absolute atomic E-state index is 0.181. The summed E-state index contributed by atoms with van der Waals surface area (Å²) in [5, 5.41) is 0. The average Bonchev–Trinajstić information content (AvgIpc) is 2.84. The van der Waals surface area contributed by atoms with Crippen molar-refractivity contribution >= 4 is 15.9 Å². The quantitative estimate of drug-likeness (QED) is 0.623. The molecule has 1 amide bonds. The first kappa shape index (κ1) is 24.9. The lowest BCUT2D eigenvalue weighted by Gasteiger charge is -2.37. The number of sulfonamides is 1. The third-order valence-corrected chi connectivity index (χ3v) is 8.27. The molecule has 2 aromatic rings. The van der Waals surface area contributed by atoms with Crippen LogP contribution >= 0.6 is 0 Å². The molecule has 184 valence electrons. The molecule has 7 nitrogen and oxygen atoms in total. The van der Waals surface area contributed by atoms with Gasteiger partial charge in [0.2, 0.25) is 15.9 Å². The van der Waals surface area contributed by atoms with Crippen LogP contribution in [-0.2, 0) is 21.4 Å². The summed E-state index contributed by atoms with van der Waals surface area (Å²) >= 11 is 0. The van der Waals surface area contributed by atoms with E-state index >= 15 is 0 Å². The number of aryl methyl sites for hydroxylation is 1. The first-order valence-electron chi connectivity index (χ1n) is 12.2. The van der Waals surface area contributed by atoms with Crippen molar-refractivity contribution in [3.05, 3.63) is 65.7 Å². The molecule has 0 spiro atoms. The van der Waals surface area contributed by atoms with Crippen molar-refractivity contribution in [2.24, 2.45) is 5.92 Å². The number of rotatable bonds is 8. The average molecular weight is 485 g/mol. The monoisotopic (exact) mass is 484 g/mol. The van der Waals surface area contributed by atoms with Gasteiger partial charge in [-0.05, 0) is 49.9 Å². The topological polar surface area (TPSA) is 73.0 Å². The standard InChI is InChI=1S/C26H36N4O3S/c1-22-9-11-25(12-10-22)34(32,33)27-18-24-8-5-13-29(20-24)21-26(31)30-16-14-28(15-17-30)19-23-6-3-2-4-7-23/h2-4,6-7,9-12,24,27H,5,8,13-21H2,1H3. The number of hydrogen-bond acceptors (Lipinski definition) is 5. The molecule has 8 heteroatoms. The normalized spacial score (nSPS) is 20.4. The van der Waals surface area contributed by atoms with Crippen LogP contribution in [-0.4, -0.2) is 81.4 Å². The number of piperidine rings is 1. The Morgan fingerprint density at radius 2 is 1.65 bits per heavy atom. The molecule has 1 N–H and O–H groups in total. The summed E-state index contributed by atoms with van der Waals surface area (Å²) in [5.74, 6) is 0.393. The Bertz CT molecular complexity index is 1040. The number of amides is 1. The highest BCUT2D eigenvalue weighted by atomic mass is 32.2. The summed E-state index contributed by atoms with van der Waals surface area (Å²) in [7, 11) is -3.51. The molecular weight excluding hydrogens is 448 g/mol. The van der Waals surface area contributed by atoms with Gasteiger partial charge in [0, 0.05) is 45.8 Å². The summed E-state index contributed by atoms with van der Waals surface area (Å²) in [4.78, 5) is 19.8. The molecule has 0 radical (unpaired) electrons. The van der Waals surface area contributed by atoms with Crippen LogP contribution in [0.4, 0.5) is 0 Å². The Morgan fingerprint density at radius 3 is 2.35 bits per heavy atom. The summed E-state index contributed by atoms with van der Waals surface area (Å²) < 4.78 is 28.0. The van der Waals surface area contributed by atoms with Gasteiger partial charge in [-0.25, -0.2) is 13.1 Å². The first-order valence-corrected chi connectivity index (χ1v) is 13.7. The van der Waals surface area contributed by atoms with Gasteiger partial charge in [0.15, 0.2) is 0 Å². The highest BCUT2D eigenvalue weighted by molar-refractivity contribution is 7.89. The molecule has 2 saturated heterocycles. The van der Waals surface area contributed by atoms with Gasteiger partial charge in [-0.15, -0.1) is 0 Å². The van der Waals surface area contributed by atoms with E-state index in [4.69, 9.17) is 0 Å². The van der Waals surface area contributed by atoms with Crippen molar-refractivity contribution in [1.82, 2.24) is 19.4 Å². The molecule has 0 aromatic heterocycles. The highest BCUT2D eigenvalue weighted by Gasteiger charge is 2.27. The van der Waals surface area contributed by atoms with E-state index in [2.05, 4.69) is 38.8 Å². The summed E-state index contributed by atoms with van der Waals surface area (Å²) in [6.45, 7) is 8.63. The van der Waals surface area contributed by atoms with Crippen LogP contribution < -0.4 is 4.72 Å². The van der Waals surface area contributed by atoms with Crippen LogP contribution in [0.15, 0.2) is 59.5 Å². The lowest BCUT2D eigenvalue weighted by molar-refractivity contribution is -0.134. The predicted octanol–water partition coefficient (Wildman–Crippen LogP) is 2.33. The van der Waals surface area contributed by atoms with E-state index in [9.17, 15) is 13.2 Å². The minimum Gasteiger partial charge on any atom is -0.339 e. The van der Waals surface area contributed by atoms with Gasteiger partial charge < -0.3 is 4.90 Å². The van der Waals surface area contributed by atoms with Gasteiger partial charge in [0.05, 0.1) is 11.4 Å². The second kappa shape index (κ2) is 11.4. The second-order valence-electron chi connectivity index (χ2n) is 9.55. The van der Waals surface area contributed by atoms with E-state index in [0.29, 0.717) is 18.0 Å². The highest BCUT2D eigenvalue weighted by Crippen LogP contribution is 2.18. The van der Waals surface area contributed by atoms with Crippen molar-refractivity contribution in [2.75, 3.05) is 52.4 Å². The van der Waals surface area contributed by atoms with Gasteiger partial charge in [-0.1, -0.05) is 48.0 Å². The Labute approximate surface area is 203 Å². The largest absolute Gasteiger partial charge is 0.339 e. The number of carbonyl (C=O) groups is 1. The van der Waals surface area contributed by atoms with Crippen molar-refractivity contribution in [3.63, 3.8) is 0 Å². The number of hydrogen-bond donors (Lipinski definition) is 1. The van der Waals surface area contributed by atoms with Crippen LogP contribution in [0.1, 0.15) is 24.0 Å². The van der Waals surface area contributed by atoms with Crippen molar-refractivity contribution < 1.29 is 13.2 Å². The molecule has 2 aliphatic rings. The van der Waals surface area contributed by atoms with Crippen LogP contribution in [0.5, 0.6) is 0 Å². The second-order valence-corrected chi connectivity index (χ2v) is 11.3. The van der Waals surface area contributed by atoms with Gasteiger partial charge in [0.1, 0.15) is 0 Å². The summed E-state index contributed by atoms with van der Waals surface area (Å²) in [6.07, 6.45) is 1.95. The molecule has 2 heterocycles. The molecule has 34 heavy (non-hydrogen) atoms. The van der Waals surface area contributed by atoms with Crippen molar-refractivity contribution in [2.45, 2.75) is 31.2 Å². The SMILES string of the molecule is Cc1ccc(S(=O)(=O)NCC2CCCN(CC(=O)N3CCN(Cc4ccccc4)CC3)C2)cc1. The Morgan fingerprint density at radius 1 is 0.941 bits per heavy atom. The lowest BCUT2D eigenvalue weighted by atomic mass is 9.98. The maximum Gasteiger partial charge on any atom is 0.240 e. The number of likely N-dealkylation sites (tertiary alicyclic amines) is 1. The van der Waals surface area contributed by atoms with E-state index in [1.54, 1.807) is 12.1 Å². The Hall–Kier alpha value is -2.26. The number of benzene rings is 2. The summed E-state index contributed by atoms with van der Waals surface area (Å²) in [5.41, 5.74) is 2.34. The Balaban J connectivity index is 1.21. The fraction of sp³-hybridized carbons (Fsp3) is 0.500. The zero-order chi connectivity index (χ0) is 24.0. The lowest BCUT2D eigenvalue weighted by Crippen LogP contribution is -2.52. The first-order chi connectivity index (χ1) is 16.4. The van der Waals surface area contributed by atoms with Crippen LogP contribution in [0.3, 0.4) is 0 Å². The number of nitrogens with zero attached hydrogens (tertiary/aromatic N) is 3. The molecule has 1 atom stereocenters. The molecule has 2 aromatic carbocycles. The maximum absolute atomic E-state index is 12.9. The third kappa shape index (κ3) is 6.88. The number of nitrogens with one attached hydrogen (secondary N) is 1. The fourth-order valence-corrected chi connectivity index (χ4v) is 5.89. The van der Waals surface area contributed by atoms with Gasteiger partial charge >= 0.3 is 0 Å². The zero-order valence-corrected chi connectivity index (χ0v) is 20.8. The molecule has 0 saturated carbocycles. The molecule has 0 bridgehead atoms. The molecular formula is C26H36N4O3S. The van der Waals surface area contributed by atoms with Crippen molar-refractivity contribution in [1.29, 1.82) is 0 Å². The maximum atomic E-state index is 12.9. The van der Waals surface area contributed by atoms with Crippen molar-refractivity contribution in [3.8, 4) is 0 Å². The van der Waals surface area contributed by atoms with E-state index < -0.39 is 10.0 Å². The minimum atomic E-state index is -3.51. The van der Waals surface area contributed by atoms with E-state index in [1.807, 2.05) is 30.0 Å². The van der Waals surface area contributed by atoms with Crippen LogP contribution in [0.25, 0.3) is 0 Å². The van der Waals surface area contributed by atoms with E-state index in [-0.39, 0.29) is 11.8 Å². The van der Waals surface area contributed by atoms with Gasteiger partial charge in [-0.2, -0.15) is 0 Å². The zero-order valence-electron chi connectivity index (χ0n) is 20.0. The Kier molecular flexibility index (Phi) is 8.37. The predicted molar refractivity (Wildman–Crippen MR) is 134 cm³/mol. The fourth-order valence-electron chi connectivity index (χ4n) is 4.78. The van der Waals surface area contributed by atoms with Crippen LogP contribution in [0, 0.1) is 12.8 Å². The summed E-state index contributed by atoms with van der Waals surface area (Å²) in [6, 6.07) is 17.4. The number of piperazine rings is 1. The molecule has 4 rings (SSSR count). The van der Waals surface area contributed by atoms with Gasteiger partial charge in [0.25, 0.3) is 0 Å².